The Labute approximate surface area is 216 Å². The van der Waals surface area contributed by atoms with Crippen molar-refractivity contribution in [2.45, 2.75) is 41.9 Å². The molecule has 37 heavy (non-hydrogen) atoms. The summed E-state index contributed by atoms with van der Waals surface area (Å²) in [6, 6.07) is 4.87. The van der Waals surface area contributed by atoms with Gasteiger partial charge in [-0.1, -0.05) is 18.5 Å². The Kier molecular flexibility index (Phi) is 6.36. The van der Waals surface area contributed by atoms with Crippen LogP contribution in [0.25, 0.3) is 0 Å². The first kappa shape index (κ1) is 25.7. The van der Waals surface area contributed by atoms with Crippen LogP contribution in [0, 0.1) is 35.2 Å². The predicted molar refractivity (Wildman–Crippen MR) is 129 cm³/mol. The number of hydrogen-bond donors (Lipinski definition) is 3. The molecule has 5 rings (SSSR count). The Morgan fingerprint density at radius 3 is 2.49 bits per heavy atom. The molecule has 1 unspecified atom stereocenters. The van der Waals surface area contributed by atoms with Crippen LogP contribution in [-0.4, -0.2) is 34.6 Å². The molecule has 2 bridgehead atoms. The van der Waals surface area contributed by atoms with Crippen molar-refractivity contribution < 1.29 is 31.5 Å². The molecule has 2 fully saturated rings. The fourth-order valence-corrected chi connectivity index (χ4v) is 8.27. The summed E-state index contributed by atoms with van der Waals surface area (Å²) in [4.78, 5) is 19.7. The highest BCUT2D eigenvalue weighted by Crippen LogP contribution is 2.58. The number of sulfone groups is 1. The smallest absolute Gasteiger partial charge is 0.255 e. The summed E-state index contributed by atoms with van der Waals surface area (Å²) >= 11 is 6.26. The molecule has 0 spiro atoms. The lowest BCUT2D eigenvalue weighted by molar-refractivity contribution is -0.0764. The minimum absolute atomic E-state index is 0.0596. The molecular formula is C25H23ClF3N3O4S. The summed E-state index contributed by atoms with van der Waals surface area (Å²) in [7, 11) is -4.03. The number of aromatic amines is 1. The molecule has 1 amide bonds. The van der Waals surface area contributed by atoms with Gasteiger partial charge in [-0.15, -0.1) is 0 Å². The third kappa shape index (κ3) is 4.22. The lowest BCUT2D eigenvalue weighted by atomic mass is 9.72. The third-order valence-electron chi connectivity index (χ3n) is 7.65. The molecule has 1 heterocycles. The van der Waals surface area contributed by atoms with Gasteiger partial charge in [0, 0.05) is 35.8 Å². The monoisotopic (exact) mass is 553 g/mol. The number of carbonyl (C=O) groups excluding carboxylic acids is 1. The Bertz CT molecular complexity index is 1460. The summed E-state index contributed by atoms with van der Waals surface area (Å²) in [5, 5.41) is 12.9. The molecule has 3 aromatic rings. The number of hydrogen-bond acceptors (Lipinski definition) is 5. The zero-order chi connectivity index (χ0) is 26.7. The van der Waals surface area contributed by atoms with Gasteiger partial charge in [0.15, 0.2) is 27.3 Å². The molecule has 0 aliphatic heterocycles. The number of H-pyrrole nitrogens is 1. The van der Waals surface area contributed by atoms with E-state index >= 15 is 0 Å². The van der Waals surface area contributed by atoms with Crippen molar-refractivity contribution in [3.05, 3.63) is 76.6 Å². The number of amides is 1. The maximum absolute atomic E-state index is 13.7. The van der Waals surface area contributed by atoms with Crippen LogP contribution in [0.3, 0.4) is 0 Å². The van der Waals surface area contributed by atoms with E-state index in [9.17, 15) is 31.5 Å². The molecule has 0 saturated heterocycles. The Morgan fingerprint density at radius 2 is 1.86 bits per heavy atom. The number of carbonyl (C=O) groups is 1. The molecule has 12 heteroatoms. The molecule has 2 aliphatic rings. The Balaban J connectivity index is 1.42. The molecule has 2 saturated carbocycles. The van der Waals surface area contributed by atoms with Crippen LogP contribution in [0.4, 0.5) is 18.9 Å². The number of nitrogens with zero attached hydrogens (tertiary/aromatic N) is 1. The van der Waals surface area contributed by atoms with E-state index in [2.05, 4.69) is 15.3 Å². The van der Waals surface area contributed by atoms with E-state index < -0.39 is 44.0 Å². The number of halogens is 4. The summed E-state index contributed by atoms with van der Waals surface area (Å²) in [5.41, 5.74) is -1.72. The summed E-state index contributed by atoms with van der Waals surface area (Å²) in [6.07, 6.45) is 4.16. The zero-order valence-corrected chi connectivity index (χ0v) is 21.1. The normalized spacial score (nSPS) is 27.3. The summed E-state index contributed by atoms with van der Waals surface area (Å²) in [5.74, 6) is -5.71. The number of benzene rings is 2. The average Bonchev–Trinajstić information content (AvgIpc) is 3.41. The quantitative estimate of drug-likeness (QED) is 0.392. The zero-order valence-electron chi connectivity index (χ0n) is 19.5. The van der Waals surface area contributed by atoms with E-state index in [0.29, 0.717) is 24.4 Å². The van der Waals surface area contributed by atoms with Crippen molar-refractivity contribution in [3.8, 4) is 0 Å². The topological polar surface area (TPSA) is 112 Å². The molecule has 1 aromatic heterocycles. The lowest BCUT2D eigenvalue weighted by Gasteiger charge is -2.41. The third-order valence-corrected chi connectivity index (χ3v) is 10.3. The number of rotatable bonds is 5. The molecule has 196 valence electrons. The molecule has 3 N–H and O–H groups in total. The second kappa shape index (κ2) is 9.14. The second-order valence-corrected chi connectivity index (χ2v) is 12.4. The van der Waals surface area contributed by atoms with Crippen LogP contribution in [0.1, 0.15) is 42.4 Å². The van der Waals surface area contributed by atoms with E-state index in [4.69, 9.17) is 11.6 Å². The minimum Gasteiger partial charge on any atom is -0.381 e. The lowest BCUT2D eigenvalue weighted by Crippen LogP contribution is -2.47. The van der Waals surface area contributed by atoms with E-state index in [1.807, 2.05) is 6.92 Å². The highest BCUT2D eigenvalue weighted by atomic mass is 35.5. The van der Waals surface area contributed by atoms with Gasteiger partial charge in [0.05, 0.1) is 15.2 Å². The van der Waals surface area contributed by atoms with Gasteiger partial charge >= 0.3 is 0 Å². The molecule has 2 aromatic carbocycles. The van der Waals surface area contributed by atoms with E-state index in [-0.39, 0.29) is 51.8 Å². The van der Waals surface area contributed by atoms with Crippen molar-refractivity contribution >= 4 is 33.0 Å². The highest BCUT2D eigenvalue weighted by Gasteiger charge is 2.60. The van der Waals surface area contributed by atoms with Crippen molar-refractivity contribution in [2.75, 3.05) is 5.32 Å². The van der Waals surface area contributed by atoms with Crippen LogP contribution in [0.5, 0.6) is 0 Å². The van der Waals surface area contributed by atoms with E-state index in [0.717, 1.165) is 6.07 Å². The highest BCUT2D eigenvalue weighted by molar-refractivity contribution is 7.92. The fraction of sp³-hybridized carbons (Fsp3) is 0.360. The molecule has 7 nitrogen and oxygen atoms in total. The minimum atomic E-state index is -4.03. The maximum atomic E-state index is 13.7. The first-order chi connectivity index (χ1) is 17.4. The number of imidazole rings is 1. The van der Waals surface area contributed by atoms with Crippen molar-refractivity contribution in [2.24, 2.45) is 17.8 Å². The van der Waals surface area contributed by atoms with Crippen molar-refractivity contribution in [1.29, 1.82) is 0 Å². The standard InChI is InChI=1S/C25H23ClF3N3O4S/c1-12-6-14-8-16(11-17(12)25(14,34)24-30-4-5-31-24)37(35,36)21-7-13(2-3-18(21)26)23(33)32-15-9-19(27)22(29)20(28)10-15/h2-5,7,9-10,12,14,16-17,34H,6,8,11H2,1H3,(H,30,31)(H,32,33)/t12-,14?,16+,17+,25+/m0/s1. The van der Waals surface area contributed by atoms with Gasteiger partial charge < -0.3 is 15.4 Å². The van der Waals surface area contributed by atoms with Crippen LogP contribution in [-0.2, 0) is 15.4 Å². The number of aromatic nitrogens is 2. The summed E-state index contributed by atoms with van der Waals surface area (Å²) < 4.78 is 67.7. The van der Waals surface area contributed by atoms with Crippen LogP contribution < -0.4 is 5.32 Å². The Hall–Kier alpha value is -2.89. The predicted octanol–water partition coefficient (Wildman–Crippen LogP) is 4.83. The number of nitrogens with one attached hydrogen (secondary N) is 2. The second-order valence-electron chi connectivity index (χ2n) is 9.77. The Morgan fingerprint density at radius 1 is 1.16 bits per heavy atom. The molecule has 5 atom stereocenters. The molecule has 0 radical (unpaired) electrons. The molecular weight excluding hydrogens is 531 g/mol. The number of aliphatic hydroxyl groups is 1. The molecule has 2 aliphatic carbocycles. The van der Waals surface area contributed by atoms with E-state index in [1.54, 1.807) is 12.4 Å². The summed E-state index contributed by atoms with van der Waals surface area (Å²) in [6.45, 7) is 1.98. The van der Waals surface area contributed by atoms with Crippen LogP contribution in [0.15, 0.2) is 47.6 Å². The van der Waals surface area contributed by atoms with Gasteiger partial charge in [0.25, 0.3) is 5.91 Å². The van der Waals surface area contributed by atoms with Crippen molar-refractivity contribution in [1.82, 2.24) is 9.97 Å². The first-order valence-electron chi connectivity index (χ1n) is 11.6. The fourth-order valence-electron chi connectivity index (χ4n) is 5.89. The number of fused-ring (bicyclic) bond motifs is 2. The van der Waals surface area contributed by atoms with Gasteiger partial charge in [-0.2, -0.15) is 0 Å². The van der Waals surface area contributed by atoms with Crippen LogP contribution in [0.2, 0.25) is 5.02 Å². The van der Waals surface area contributed by atoms with Crippen molar-refractivity contribution in [3.63, 3.8) is 0 Å². The maximum Gasteiger partial charge on any atom is 0.255 e. The van der Waals surface area contributed by atoms with Gasteiger partial charge in [0.2, 0.25) is 0 Å². The van der Waals surface area contributed by atoms with Crippen LogP contribution >= 0.6 is 11.6 Å². The first-order valence-corrected chi connectivity index (χ1v) is 13.6. The number of anilines is 1. The van der Waals surface area contributed by atoms with Gasteiger partial charge in [-0.3, -0.25) is 4.79 Å². The largest absolute Gasteiger partial charge is 0.381 e. The van der Waals surface area contributed by atoms with Gasteiger partial charge in [0.1, 0.15) is 11.4 Å². The van der Waals surface area contributed by atoms with Gasteiger partial charge in [-0.05, 0) is 55.2 Å². The van der Waals surface area contributed by atoms with E-state index in [1.165, 1.54) is 12.1 Å². The SMILES string of the molecule is C[C@H]1CC2C[C@@H](S(=O)(=O)c3cc(C(=O)Nc4cc(F)c(F)c(F)c4)ccc3Cl)C[C@H]1[C@@]2(O)c1ncc[nH]1. The average molecular weight is 554 g/mol. The van der Waals surface area contributed by atoms with Gasteiger partial charge in [-0.25, -0.2) is 26.6 Å².